The molecule has 20 heavy (non-hydrogen) atoms. The van der Waals surface area contributed by atoms with E-state index in [9.17, 15) is 0 Å². The number of ether oxygens (including phenoxy) is 4. The van der Waals surface area contributed by atoms with Gasteiger partial charge in [-0.15, -0.1) is 5.06 Å². The predicted octanol–water partition coefficient (Wildman–Crippen LogP) is -0.649. The van der Waals surface area contributed by atoms with Crippen LogP contribution in [0.25, 0.3) is 0 Å². The van der Waals surface area contributed by atoms with E-state index in [0.717, 1.165) is 0 Å². The van der Waals surface area contributed by atoms with Crippen LogP contribution in [0, 0.1) is 0 Å². The standard InChI is InChI=1S/C11H22N2O7/c1-3-16-9-12-10-17-4-2-15-6-8-19-13(11-20-12)18-7-5-14-1/h1-11H2. The second-order valence-corrected chi connectivity index (χ2v) is 4.04. The Morgan fingerprint density at radius 1 is 0.450 bits per heavy atom. The molecule has 2 aliphatic rings. The Bertz CT molecular complexity index is 203. The lowest BCUT2D eigenvalue weighted by Gasteiger charge is -2.27. The molecule has 118 valence electrons. The molecule has 0 aromatic heterocycles. The van der Waals surface area contributed by atoms with Gasteiger partial charge in [0.2, 0.25) is 0 Å². The molecule has 2 saturated heterocycles. The summed E-state index contributed by atoms with van der Waals surface area (Å²) in [4.78, 5) is 16.3. The molecular weight excluding hydrogens is 272 g/mol. The van der Waals surface area contributed by atoms with Crippen molar-refractivity contribution in [3.05, 3.63) is 0 Å². The highest BCUT2D eigenvalue weighted by atomic mass is 17.0. The molecule has 9 nitrogen and oxygen atoms in total. The molecule has 2 rings (SSSR count). The maximum Gasteiger partial charge on any atom is 0.171 e. The van der Waals surface area contributed by atoms with Crippen LogP contribution in [0.3, 0.4) is 0 Å². The summed E-state index contributed by atoms with van der Waals surface area (Å²) in [6, 6.07) is 0. The van der Waals surface area contributed by atoms with E-state index in [1.54, 1.807) is 5.06 Å². The molecule has 0 unspecified atom stereocenters. The second kappa shape index (κ2) is 10.4. The molecule has 2 heterocycles. The van der Waals surface area contributed by atoms with Gasteiger partial charge in [-0.1, -0.05) is 0 Å². The minimum atomic E-state index is 0.104. The Balaban J connectivity index is 1.86. The van der Waals surface area contributed by atoms with Crippen LogP contribution in [0.5, 0.6) is 0 Å². The van der Waals surface area contributed by atoms with Crippen LogP contribution < -0.4 is 0 Å². The number of fused-ring (bicyclic) bond motifs is 3. The van der Waals surface area contributed by atoms with Gasteiger partial charge in [-0.2, -0.15) is 0 Å². The molecule has 0 amide bonds. The summed E-state index contributed by atoms with van der Waals surface area (Å²) in [6.07, 6.45) is 0. The summed E-state index contributed by atoms with van der Waals surface area (Å²) >= 11 is 0. The molecule has 0 spiro atoms. The van der Waals surface area contributed by atoms with E-state index in [1.807, 2.05) is 0 Å². The summed E-state index contributed by atoms with van der Waals surface area (Å²) < 4.78 is 21.5. The highest BCUT2D eigenvalue weighted by Crippen LogP contribution is 2.01. The number of rotatable bonds is 0. The van der Waals surface area contributed by atoms with Crippen LogP contribution in [0.15, 0.2) is 0 Å². The van der Waals surface area contributed by atoms with Crippen molar-refractivity contribution in [1.29, 1.82) is 0 Å². The monoisotopic (exact) mass is 294 g/mol. The van der Waals surface area contributed by atoms with Gasteiger partial charge in [0.25, 0.3) is 0 Å². The van der Waals surface area contributed by atoms with E-state index in [0.29, 0.717) is 52.9 Å². The molecule has 2 bridgehead atoms. The Hall–Kier alpha value is -0.360. The predicted molar refractivity (Wildman–Crippen MR) is 64.8 cm³/mol. The van der Waals surface area contributed by atoms with E-state index in [-0.39, 0.29) is 20.2 Å². The van der Waals surface area contributed by atoms with Crippen molar-refractivity contribution in [2.75, 3.05) is 73.0 Å². The molecular formula is C11H22N2O7. The van der Waals surface area contributed by atoms with Gasteiger partial charge < -0.3 is 18.9 Å². The lowest BCUT2D eigenvalue weighted by atomic mass is 10.7. The zero-order chi connectivity index (χ0) is 13.9. The lowest BCUT2D eigenvalue weighted by molar-refractivity contribution is -0.427. The third-order valence-electron chi connectivity index (χ3n) is 2.49. The SMILES string of the molecule is C1COCN2COCCOCCON(CO2)OCCO1. The van der Waals surface area contributed by atoms with Crippen molar-refractivity contribution in [1.82, 2.24) is 10.3 Å². The lowest BCUT2D eigenvalue weighted by Crippen LogP contribution is -2.38. The van der Waals surface area contributed by atoms with E-state index in [1.165, 1.54) is 5.23 Å². The van der Waals surface area contributed by atoms with Gasteiger partial charge in [-0.25, -0.2) is 0 Å². The largest absolute Gasteiger partial charge is 0.377 e. The minimum absolute atomic E-state index is 0.104. The zero-order valence-corrected chi connectivity index (χ0v) is 11.5. The molecule has 2 aliphatic heterocycles. The summed E-state index contributed by atoms with van der Waals surface area (Å²) in [7, 11) is 0. The average molecular weight is 294 g/mol. The smallest absolute Gasteiger partial charge is 0.171 e. The molecule has 0 aromatic carbocycles. The summed E-state index contributed by atoms with van der Waals surface area (Å²) in [5.74, 6) is 0. The van der Waals surface area contributed by atoms with Crippen molar-refractivity contribution >= 4 is 0 Å². The highest BCUT2D eigenvalue weighted by molar-refractivity contribution is 4.37. The molecule has 2 fully saturated rings. The number of hydrogen-bond acceptors (Lipinski definition) is 9. The van der Waals surface area contributed by atoms with E-state index in [4.69, 9.17) is 33.5 Å². The third-order valence-corrected chi connectivity index (χ3v) is 2.49. The maximum absolute atomic E-state index is 5.53. The van der Waals surface area contributed by atoms with E-state index >= 15 is 0 Å². The van der Waals surface area contributed by atoms with Gasteiger partial charge in [-0.05, 0) is 5.23 Å². The number of nitrogens with zero attached hydrogens (tertiary/aromatic N) is 2. The van der Waals surface area contributed by atoms with Crippen molar-refractivity contribution in [2.45, 2.75) is 0 Å². The fraction of sp³-hybridized carbons (Fsp3) is 1.00. The first-order chi connectivity index (χ1) is 9.95. The summed E-state index contributed by atoms with van der Waals surface area (Å²) in [5.41, 5.74) is 0. The molecule has 0 radical (unpaired) electrons. The Morgan fingerprint density at radius 3 is 1.55 bits per heavy atom. The van der Waals surface area contributed by atoms with Crippen LogP contribution in [0.1, 0.15) is 0 Å². The average Bonchev–Trinajstić information content (AvgIpc) is 2.44. The molecule has 0 N–H and O–H groups in total. The van der Waals surface area contributed by atoms with Crippen LogP contribution in [0.2, 0.25) is 0 Å². The first-order valence-electron chi connectivity index (χ1n) is 6.67. The minimum Gasteiger partial charge on any atom is -0.377 e. The normalized spacial score (nSPS) is 32.4. The fourth-order valence-corrected chi connectivity index (χ4v) is 1.52. The van der Waals surface area contributed by atoms with Gasteiger partial charge in [0.05, 0.1) is 52.9 Å². The van der Waals surface area contributed by atoms with Crippen LogP contribution in [-0.4, -0.2) is 83.3 Å². The van der Waals surface area contributed by atoms with Gasteiger partial charge >= 0.3 is 0 Å². The first-order valence-corrected chi connectivity index (χ1v) is 6.67. The first kappa shape index (κ1) is 16.0. The zero-order valence-electron chi connectivity index (χ0n) is 11.5. The summed E-state index contributed by atoms with van der Waals surface area (Å²) in [6.45, 7) is 4.33. The molecule has 0 saturated carbocycles. The Kier molecular flexibility index (Phi) is 8.31. The Morgan fingerprint density at radius 2 is 0.950 bits per heavy atom. The van der Waals surface area contributed by atoms with E-state index in [2.05, 4.69) is 0 Å². The van der Waals surface area contributed by atoms with Crippen LogP contribution >= 0.6 is 0 Å². The van der Waals surface area contributed by atoms with Crippen LogP contribution in [-0.2, 0) is 33.5 Å². The van der Waals surface area contributed by atoms with Crippen LogP contribution in [0.4, 0.5) is 0 Å². The molecule has 0 aromatic rings. The molecule has 9 heteroatoms. The number of hydrogen-bond donors (Lipinski definition) is 0. The quantitative estimate of drug-likeness (QED) is 0.579. The maximum atomic E-state index is 5.53. The van der Waals surface area contributed by atoms with Crippen molar-refractivity contribution < 1.29 is 33.5 Å². The van der Waals surface area contributed by atoms with Crippen molar-refractivity contribution in [3.63, 3.8) is 0 Å². The third kappa shape index (κ3) is 6.88. The number of hydroxylamine groups is 4. The highest BCUT2D eigenvalue weighted by Gasteiger charge is 2.14. The molecule has 0 aliphatic carbocycles. The second-order valence-electron chi connectivity index (χ2n) is 4.04. The fourth-order valence-electron chi connectivity index (χ4n) is 1.52. The summed E-state index contributed by atoms with van der Waals surface area (Å²) in [5, 5.41) is 2.81. The van der Waals surface area contributed by atoms with Gasteiger partial charge in [-0.3, -0.25) is 14.5 Å². The van der Waals surface area contributed by atoms with Crippen molar-refractivity contribution in [2.24, 2.45) is 0 Å². The van der Waals surface area contributed by atoms with Crippen molar-refractivity contribution in [3.8, 4) is 0 Å². The van der Waals surface area contributed by atoms with Gasteiger partial charge in [0.1, 0.15) is 13.5 Å². The topological polar surface area (TPSA) is 71.1 Å². The van der Waals surface area contributed by atoms with Gasteiger partial charge in [0.15, 0.2) is 6.73 Å². The van der Waals surface area contributed by atoms with E-state index < -0.39 is 0 Å². The van der Waals surface area contributed by atoms with Gasteiger partial charge in [0, 0.05) is 0 Å². The molecule has 0 atom stereocenters. The Labute approximate surface area is 118 Å².